The van der Waals surface area contributed by atoms with E-state index in [0.717, 1.165) is 16.7 Å². The van der Waals surface area contributed by atoms with E-state index < -0.39 is 5.97 Å². The Morgan fingerprint density at radius 1 is 1.18 bits per heavy atom. The maximum Gasteiger partial charge on any atom is 0.342 e. The van der Waals surface area contributed by atoms with Gasteiger partial charge >= 0.3 is 5.97 Å². The highest BCUT2D eigenvalue weighted by Gasteiger charge is 2.20. The first-order chi connectivity index (χ1) is 10.6. The molecular formula is C18H20N2O2. The zero-order valence-electron chi connectivity index (χ0n) is 12.8. The third kappa shape index (κ3) is 3.95. The number of carbonyl (C=O) groups excluding carboxylic acids is 1. The topological polar surface area (TPSA) is 64.7 Å². The number of nitrogens with zero attached hydrogens (tertiary/aromatic N) is 1. The van der Waals surface area contributed by atoms with Crippen molar-refractivity contribution in [2.75, 3.05) is 0 Å². The molecule has 0 fully saturated rings. The first kappa shape index (κ1) is 15.8. The van der Waals surface area contributed by atoms with Gasteiger partial charge in [-0.25, -0.2) is 4.79 Å². The van der Waals surface area contributed by atoms with E-state index in [1.165, 1.54) is 0 Å². The summed E-state index contributed by atoms with van der Waals surface area (Å²) in [5.41, 5.74) is 8.59. The molecule has 0 heterocycles. The zero-order chi connectivity index (χ0) is 15.9. The van der Waals surface area contributed by atoms with Crippen molar-refractivity contribution in [2.24, 2.45) is 10.9 Å². The molecule has 0 spiro atoms. The van der Waals surface area contributed by atoms with Gasteiger partial charge in [0, 0.05) is 5.56 Å². The molecule has 2 aromatic carbocycles. The molecule has 4 heteroatoms. The third-order valence-corrected chi connectivity index (χ3v) is 3.44. The van der Waals surface area contributed by atoms with Crippen LogP contribution in [0.5, 0.6) is 0 Å². The van der Waals surface area contributed by atoms with Gasteiger partial charge in [-0.15, -0.1) is 0 Å². The summed E-state index contributed by atoms with van der Waals surface area (Å²) in [4.78, 5) is 17.2. The summed E-state index contributed by atoms with van der Waals surface area (Å²) in [6.07, 6.45) is 0.642. The largest absolute Gasteiger partial charge is 0.380 e. The Balaban J connectivity index is 2.09. The van der Waals surface area contributed by atoms with Crippen LogP contribution in [0, 0.1) is 6.92 Å². The lowest BCUT2D eigenvalue weighted by Crippen LogP contribution is -2.18. The molecule has 0 aliphatic carbocycles. The number of rotatable bonds is 5. The van der Waals surface area contributed by atoms with Gasteiger partial charge in [0.15, 0.2) is 5.84 Å². The quantitative estimate of drug-likeness (QED) is 0.398. The van der Waals surface area contributed by atoms with Crippen molar-refractivity contribution in [3.05, 3.63) is 71.3 Å². The van der Waals surface area contributed by atoms with Gasteiger partial charge < -0.3 is 10.6 Å². The first-order valence-electron chi connectivity index (χ1n) is 7.28. The van der Waals surface area contributed by atoms with Gasteiger partial charge in [-0.1, -0.05) is 66.2 Å². The van der Waals surface area contributed by atoms with E-state index in [2.05, 4.69) is 5.16 Å². The van der Waals surface area contributed by atoms with Crippen LogP contribution >= 0.6 is 0 Å². The average Bonchev–Trinajstić information content (AvgIpc) is 2.54. The van der Waals surface area contributed by atoms with Crippen LogP contribution in [0.15, 0.2) is 59.8 Å². The minimum absolute atomic E-state index is 0.194. The molecule has 2 rings (SSSR count). The fourth-order valence-corrected chi connectivity index (χ4v) is 2.24. The molecule has 114 valence electrons. The van der Waals surface area contributed by atoms with Crippen molar-refractivity contribution in [3.8, 4) is 0 Å². The second-order valence-corrected chi connectivity index (χ2v) is 5.13. The molecule has 0 saturated heterocycles. The molecule has 0 aromatic heterocycles. The Morgan fingerprint density at radius 2 is 1.91 bits per heavy atom. The Kier molecular flexibility index (Phi) is 5.31. The molecule has 0 radical (unpaired) electrons. The fraction of sp³-hybridized carbons (Fsp3) is 0.222. The molecule has 0 aliphatic rings. The Morgan fingerprint density at radius 3 is 2.55 bits per heavy atom. The minimum atomic E-state index is -0.399. The van der Waals surface area contributed by atoms with Gasteiger partial charge in [0.2, 0.25) is 0 Å². The van der Waals surface area contributed by atoms with E-state index in [9.17, 15) is 4.79 Å². The summed E-state index contributed by atoms with van der Waals surface area (Å²) >= 11 is 0. The monoisotopic (exact) mass is 296 g/mol. The predicted molar refractivity (Wildman–Crippen MR) is 87.5 cm³/mol. The SMILES string of the molecule is CC[C@H](C(=O)ON=C(N)c1cccc(C)c1)c1ccccc1. The van der Waals surface area contributed by atoms with Gasteiger partial charge in [0.25, 0.3) is 0 Å². The second-order valence-electron chi connectivity index (χ2n) is 5.13. The second kappa shape index (κ2) is 7.41. The van der Waals surface area contributed by atoms with Gasteiger partial charge in [0.05, 0.1) is 5.92 Å². The van der Waals surface area contributed by atoms with E-state index in [1.807, 2.05) is 68.4 Å². The molecule has 0 saturated carbocycles. The van der Waals surface area contributed by atoms with Gasteiger partial charge in [0.1, 0.15) is 0 Å². The number of benzene rings is 2. The molecule has 2 N–H and O–H groups in total. The lowest BCUT2D eigenvalue weighted by Gasteiger charge is -2.11. The number of hydrogen-bond donors (Lipinski definition) is 1. The van der Waals surface area contributed by atoms with Gasteiger partial charge in [-0.3, -0.25) is 0 Å². The summed E-state index contributed by atoms with van der Waals surface area (Å²) in [5.74, 6) is -0.542. The normalized spacial score (nSPS) is 12.7. The van der Waals surface area contributed by atoms with Crippen molar-refractivity contribution in [2.45, 2.75) is 26.2 Å². The highest BCUT2D eigenvalue weighted by Crippen LogP contribution is 2.20. The Bertz CT molecular complexity index is 666. The van der Waals surface area contributed by atoms with Crippen LogP contribution in [0.4, 0.5) is 0 Å². The maximum absolute atomic E-state index is 12.2. The number of carbonyl (C=O) groups is 1. The van der Waals surface area contributed by atoms with Crippen molar-refractivity contribution in [1.29, 1.82) is 0 Å². The summed E-state index contributed by atoms with van der Waals surface area (Å²) in [6.45, 7) is 3.90. The highest BCUT2D eigenvalue weighted by atomic mass is 16.7. The molecule has 22 heavy (non-hydrogen) atoms. The van der Waals surface area contributed by atoms with E-state index in [4.69, 9.17) is 10.6 Å². The Labute approximate surface area is 130 Å². The predicted octanol–water partition coefficient (Wildman–Crippen LogP) is 3.35. The first-order valence-corrected chi connectivity index (χ1v) is 7.28. The third-order valence-electron chi connectivity index (χ3n) is 3.44. The van der Waals surface area contributed by atoms with Crippen molar-refractivity contribution < 1.29 is 9.63 Å². The molecule has 0 amide bonds. The molecule has 0 aliphatic heterocycles. The molecule has 4 nitrogen and oxygen atoms in total. The summed E-state index contributed by atoms with van der Waals surface area (Å²) in [7, 11) is 0. The van der Waals surface area contributed by atoms with Gasteiger partial charge in [-0.05, 0) is 25.0 Å². The number of hydrogen-bond acceptors (Lipinski definition) is 3. The Hall–Kier alpha value is -2.62. The van der Waals surface area contributed by atoms with Gasteiger partial charge in [-0.2, -0.15) is 0 Å². The number of oxime groups is 1. The summed E-state index contributed by atoms with van der Waals surface area (Å²) in [6, 6.07) is 17.1. The van der Waals surface area contributed by atoms with Crippen LogP contribution in [0.2, 0.25) is 0 Å². The fourth-order valence-electron chi connectivity index (χ4n) is 2.24. The van der Waals surface area contributed by atoms with Crippen LogP contribution in [0.3, 0.4) is 0 Å². The van der Waals surface area contributed by atoms with E-state index >= 15 is 0 Å². The van der Waals surface area contributed by atoms with Crippen LogP contribution in [0.25, 0.3) is 0 Å². The number of amidine groups is 1. The maximum atomic E-state index is 12.2. The molecule has 1 atom stereocenters. The van der Waals surface area contributed by atoms with Crippen LogP contribution in [-0.4, -0.2) is 11.8 Å². The van der Waals surface area contributed by atoms with Crippen LogP contribution in [0.1, 0.15) is 36.0 Å². The van der Waals surface area contributed by atoms with Crippen molar-refractivity contribution in [1.82, 2.24) is 0 Å². The zero-order valence-corrected chi connectivity index (χ0v) is 12.8. The van der Waals surface area contributed by atoms with E-state index in [-0.39, 0.29) is 11.8 Å². The van der Waals surface area contributed by atoms with E-state index in [0.29, 0.717) is 6.42 Å². The molecular weight excluding hydrogens is 276 g/mol. The van der Waals surface area contributed by atoms with E-state index in [1.54, 1.807) is 0 Å². The smallest absolute Gasteiger partial charge is 0.342 e. The molecule has 0 unspecified atom stereocenters. The van der Waals surface area contributed by atoms with Crippen molar-refractivity contribution >= 4 is 11.8 Å². The summed E-state index contributed by atoms with van der Waals surface area (Å²) in [5, 5.41) is 3.77. The average molecular weight is 296 g/mol. The minimum Gasteiger partial charge on any atom is -0.380 e. The highest BCUT2D eigenvalue weighted by molar-refractivity contribution is 5.97. The lowest BCUT2D eigenvalue weighted by atomic mass is 9.97. The lowest BCUT2D eigenvalue weighted by molar-refractivity contribution is -0.145. The number of nitrogens with two attached hydrogens (primary N) is 1. The van der Waals surface area contributed by atoms with Crippen LogP contribution in [-0.2, 0) is 9.63 Å². The van der Waals surface area contributed by atoms with Crippen LogP contribution < -0.4 is 5.73 Å². The number of aryl methyl sites for hydroxylation is 1. The standard InChI is InChI=1S/C18H20N2O2/c1-3-16(14-9-5-4-6-10-14)18(21)22-20-17(19)15-11-7-8-13(2)12-15/h4-12,16H,3H2,1-2H3,(H2,19,20)/t16-/m0/s1. The van der Waals surface area contributed by atoms with Crippen molar-refractivity contribution in [3.63, 3.8) is 0 Å². The summed E-state index contributed by atoms with van der Waals surface area (Å²) < 4.78 is 0. The molecule has 2 aromatic rings. The molecule has 0 bridgehead atoms.